The van der Waals surface area contributed by atoms with Crippen LogP contribution in [-0.4, -0.2) is 12.6 Å². The Morgan fingerprint density at radius 3 is 3.15 bits per heavy atom. The third kappa shape index (κ3) is 0.796. The van der Waals surface area contributed by atoms with Crippen LogP contribution in [0.5, 0.6) is 0 Å². The van der Waals surface area contributed by atoms with E-state index in [0.717, 1.165) is 22.0 Å². The lowest BCUT2D eigenvalue weighted by Gasteiger charge is -1.96. The smallest absolute Gasteiger partial charge is 0.271 e. The zero-order valence-corrected chi connectivity index (χ0v) is 6.79. The summed E-state index contributed by atoms with van der Waals surface area (Å²) < 4.78 is 0. The molecule has 0 radical (unpaired) electrons. The molecule has 2 N–H and O–H groups in total. The van der Waals surface area contributed by atoms with Crippen LogP contribution in [-0.2, 0) is 4.79 Å². The number of anilines is 2. The quantitative estimate of drug-likeness (QED) is 0.552. The Labute approximate surface area is 74.0 Å². The van der Waals surface area contributed by atoms with Gasteiger partial charge in [-0.3, -0.25) is 4.79 Å². The van der Waals surface area contributed by atoms with Gasteiger partial charge in [0.25, 0.3) is 5.91 Å². The first-order valence-corrected chi connectivity index (χ1v) is 4.10. The molecule has 0 aromatic heterocycles. The number of rotatable bonds is 0. The highest BCUT2D eigenvalue weighted by molar-refractivity contribution is 6.07. The lowest BCUT2D eigenvalue weighted by molar-refractivity contribution is -0.112. The average Bonchev–Trinajstić information content (AvgIpc) is 2.65. The van der Waals surface area contributed by atoms with Crippen LogP contribution in [0.2, 0.25) is 0 Å². The first-order chi connectivity index (χ1) is 6.34. The van der Waals surface area contributed by atoms with Crippen LogP contribution >= 0.6 is 0 Å². The molecule has 0 aliphatic carbocycles. The predicted molar refractivity (Wildman–Crippen MR) is 48.8 cm³/mol. The molecule has 2 aliphatic rings. The minimum atomic E-state index is -0.169. The Bertz CT molecular complexity index is 518. The maximum absolute atomic E-state index is 11.0. The number of hydrogen-bond acceptors (Lipinski definition) is 3. The molecular weight excluding hydrogens is 166 g/mol. The van der Waals surface area contributed by atoms with Crippen molar-refractivity contribution in [2.75, 3.05) is 17.3 Å². The summed E-state index contributed by atoms with van der Waals surface area (Å²) >= 11 is 0. The molecule has 64 valence electrons. The Kier molecular flexibility index (Phi) is 1.07. The van der Waals surface area contributed by atoms with Crippen molar-refractivity contribution < 1.29 is 4.79 Å². The molecule has 1 amide bonds. The summed E-state index contributed by atoms with van der Waals surface area (Å²) in [4.78, 5) is 14.9. The number of nitrogens with one attached hydrogen (secondary N) is 2. The first kappa shape index (κ1) is 6.65. The summed E-state index contributed by atoms with van der Waals surface area (Å²) in [7, 11) is 0. The van der Waals surface area contributed by atoms with Crippen molar-refractivity contribution in [3.05, 3.63) is 22.7 Å². The van der Waals surface area contributed by atoms with Gasteiger partial charge in [0.1, 0.15) is 0 Å². The van der Waals surface area contributed by atoms with Crippen molar-refractivity contribution in [2.45, 2.75) is 0 Å². The normalized spacial score (nSPS) is 16.5. The fourth-order valence-corrected chi connectivity index (χ4v) is 1.69. The van der Waals surface area contributed by atoms with Gasteiger partial charge in [-0.25, -0.2) is 4.99 Å². The molecule has 2 heterocycles. The Morgan fingerprint density at radius 1 is 1.31 bits per heavy atom. The van der Waals surface area contributed by atoms with Gasteiger partial charge in [-0.15, -0.1) is 0 Å². The molecule has 0 spiro atoms. The standard InChI is InChI=1S/C9H7N3O/c13-8-3-5-6(12-8)1-2-7-9(5)11-4-10-7/h1-3,10-11H,4H2. The number of amides is 1. The summed E-state index contributed by atoms with van der Waals surface area (Å²) in [6.07, 6.45) is 1.56. The van der Waals surface area contributed by atoms with Crippen molar-refractivity contribution in [2.24, 2.45) is 4.99 Å². The maximum Gasteiger partial charge on any atom is 0.271 e. The topological polar surface area (TPSA) is 53.5 Å². The number of hydrogen-bond donors (Lipinski definition) is 2. The van der Waals surface area contributed by atoms with E-state index >= 15 is 0 Å². The molecule has 0 atom stereocenters. The van der Waals surface area contributed by atoms with Gasteiger partial charge in [0.15, 0.2) is 0 Å². The van der Waals surface area contributed by atoms with Gasteiger partial charge in [0, 0.05) is 11.3 Å². The number of fused-ring (bicyclic) bond motifs is 3. The number of carbonyl (C=O) groups is 1. The molecule has 1 aromatic rings. The fraction of sp³-hybridized carbons (Fsp3) is 0.111. The molecule has 0 unspecified atom stereocenters. The first-order valence-electron chi connectivity index (χ1n) is 4.10. The second-order valence-corrected chi connectivity index (χ2v) is 3.05. The van der Waals surface area contributed by atoms with Crippen LogP contribution in [0.4, 0.5) is 11.4 Å². The third-order valence-electron chi connectivity index (χ3n) is 2.26. The van der Waals surface area contributed by atoms with E-state index in [2.05, 4.69) is 15.6 Å². The predicted octanol–water partition coefficient (Wildman–Crippen LogP) is -0.578. The largest absolute Gasteiger partial charge is 0.366 e. The van der Waals surface area contributed by atoms with Crippen molar-refractivity contribution in [3.63, 3.8) is 0 Å². The Hall–Kier alpha value is -1.84. The van der Waals surface area contributed by atoms with E-state index in [-0.39, 0.29) is 5.91 Å². The lowest BCUT2D eigenvalue weighted by Crippen LogP contribution is -2.23. The fourth-order valence-electron chi connectivity index (χ4n) is 1.69. The van der Waals surface area contributed by atoms with Crippen molar-refractivity contribution >= 4 is 23.4 Å². The SMILES string of the molecule is O=C1C=c2c3c(ccc2=N1)NCN3. The second kappa shape index (κ2) is 2.10. The summed E-state index contributed by atoms with van der Waals surface area (Å²) in [5.41, 5.74) is 2.03. The summed E-state index contributed by atoms with van der Waals surface area (Å²) in [5.74, 6) is -0.169. The minimum absolute atomic E-state index is 0.169. The molecule has 0 saturated heterocycles. The number of carbonyl (C=O) groups excluding carboxylic acids is 1. The number of nitrogens with zero attached hydrogens (tertiary/aromatic N) is 1. The van der Waals surface area contributed by atoms with Gasteiger partial charge < -0.3 is 10.6 Å². The maximum atomic E-state index is 11.0. The van der Waals surface area contributed by atoms with Gasteiger partial charge in [-0.05, 0) is 12.1 Å². The molecule has 13 heavy (non-hydrogen) atoms. The highest BCUT2D eigenvalue weighted by Crippen LogP contribution is 2.19. The molecule has 2 aliphatic heterocycles. The van der Waals surface area contributed by atoms with Crippen molar-refractivity contribution in [1.29, 1.82) is 0 Å². The molecule has 0 fully saturated rings. The van der Waals surface area contributed by atoms with Gasteiger partial charge in [0.05, 0.1) is 23.4 Å². The molecule has 0 bridgehead atoms. The van der Waals surface area contributed by atoms with Gasteiger partial charge >= 0.3 is 0 Å². The molecule has 1 aromatic carbocycles. The van der Waals surface area contributed by atoms with Gasteiger partial charge in [-0.2, -0.15) is 0 Å². The van der Waals surface area contributed by atoms with E-state index in [0.29, 0.717) is 6.67 Å². The number of benzene rings is 1. The van der Waals surface area contributed by atoms with Gasteiger partial charge in [-0.1, -0.05) is 0 Å². The zero-order chi connectivity index (χ0) is 8.84. The van der Waals surface area contributed by atoms with Crippen molar-refractivity contribution in [3.8, 4) is 0 Å². The van der Waals surface area contributed by atoms with E-state index in [1.165, 1.54) is 0 Å². The van der Waals surface area contributed by atoms with E-state index in [9.17, 15) is 4.79 Å². The Morgan fingerprint density at radius 2 is 2.23 bits per heavy atom. The van der Waals surface area contributed by atoms with Crippen LogP contribution in [0.3, 0.4) is 0 Å². The van der Waals surface area contributed by atoms with E-state index < -0.39 is 0 Å². The van der Waals surface area contributed by atoms with Crippen LogP contribution in [0.15, 0.2) is 17.1 Å². The van der Waals surface area contributed by atoms with Crippen molar-refractivity contribution in [1.82, 2.24) is 0 Å². The van der Waals surface area contributed by atoms with E-state index in [1.807, 2.05) is 12.1 Å². The minimum Gasteiger partial charge on any atom is -0.366 e. The molecular formula is C9H7N3O. The zero-order valence-electron chi connectivity index (χ0n) is 6.79. The van der Waals surface area contributed by atoms with Gasteiger partial charge in [0.2, 0.25) is 0 Å². The second-order valence-electron chi connectivity index (χ2n) is 3.05. The molecule has 0 saturated carbocycles. The summed E-state index contributed by atoms with van der Waals surface area (Å²) in [5, 5.41) is 8.00. The Balaban J connectivity index is 2.47. The van der Waals surface area contributed by atoms with Crippen LogP contribution in [0, 0.1) is 0 Å². The van der Waals surface area contributed by atoms with Crippen LogP contribution in [0.25, 0.3) is 6.08 Å². The molecule has 3 rings (SSSR count). The highest BCUT2D eigenvalue weighted by atomic mass is 16.1. The average molecular weight is 173 g/mol. The summed E-state index contributed by atoms with van der Waals surface area (Å²) in [6, 6.07) is 3.79. The highest BCUT2D eigenvalue weighted by Gasteiger charge is 2.14. The van der Waals surface area contributed by atoms with E-state index in [1.54, 1.807) is 6.08 Å². The van der Waals surface area contributed by atoms with Crippen LogP contribution in [0.1, 0.15) is 0 Å². The van der Waals surface area contributed by atoms with E-state index in [4.69, 9.17) is 0 Å². The lowest BCUT2D eigenvalue weighted by atomic mass is 10.2. The summed E-state index contributed by atoms with van der Waals surface area (Å²) in [6.45, 7) is 0.716. The monoisotopic (exact) mass is 173 g/mol. The molecule has 4 nitrogen and oxygen atoms in total. The third-order valence-corrected chi connectivity index (χ3v) is 2.26. The molecule has 4 heteroatoms. The van der Waals surface area contributed by atoms with Crippen LogP contribution < -0.4 is 21.2 Å².